The molecule has 22 heavy (non-hydrogen) atoms. The van der Waals surface area contributed by atoms with Crippen LogP contribution >= 0.6 is 0 Å². The summed E-state index contributed by atoms with van der Waals surface area (Å²) in [6.45, 7) is 0. The first-order valence-electron chi connectivity index (χ1n) is 6.88. The van der Waals surface area contributed by atoms with Gasteiger partial charge in [-0.25, -0.2) is 4.68 Å². The van der Waals surface area contributed by atoms with Crippen LogP contribution in [-0.4, -0.2) is 30.4 Å². The predicted molar refractivity (Wildman–Crippen MR) is 82.8 cm³/mol. The molecule has 0 N–H and O–H groups in total. The van der Waals surface area contributed by atoms with Gasteiger partial charge in [0.25, 0.3) is 0 Å². The van der Waals surface area contributed by atoms with Crippen LogP contribution in [0.4, 0.5) is 0 Å². The van der Waals surface area contributed by atoms with Crippen molar-refractivity contribution in [3.8, 4) is 22.8 Å². The van der Waals surface area contributed by atoms with Gasteiger partial charge in [0.15, 0.2) is 0 Å². The lowest BCUT2D eigenvalue weighted by Gasteiger charge is -2.08. The van der Waals surface area contributed by atoms with E-state index in [0.29, 0.717) is 11.5 Å². The Bertz CT molecular complexity index is 945. The van der Waals surface area contributed by atoms with Gasteiger partial charge >= 0.3 is 0 Å². The Labute approximate surface area is 126 Å². The number of aromatic nitrogens is 6. The minimum Gasteiger partial charge on any atom is -0.227 e. The van der Waals surface area contributed by atoms with Crippen LogP contribution in [0.3, 0.4) is 0 Å². The van der Waals surface area contributed by atoms with Gasteiger partial charge in [0.1, 0.15) is 11.4 Å². The van der Waals surface area contributed by atoms with Crippen molar-refractivity contribution in [2.24, 2.45) is 7.05 Å². The molecule has 0 aliphatic carbocycles. The van der Waals surface area contributed by atoms with Gasteiger partial charge in [-0.05, 0) is 10.4 Å². The molecule has 6 heteroatoms. The van der Waals surface area contributed by atoms with Crippen molar-refractivity contribution in [3.05, 3.63) is 54.6 Å². The van der Waals surface area contributed by atoms with E-state index in [9.17, 15) is 0 Å². The zero-order valence-electron chi connectivity index (χ0n) is 11.9. The van der Waals surface area contributed by atoms with Crippen molar-refractivity contribution in [1.29, 1.82) is 0 Å². The van der Waals surface area contributed by atoms with E-state index >= 15 is 0 Å². The molecule has 0 atom stereocenters. The molecular formula is C16H12N6. The van der Waals surface area contributed by atoms with E-state index < -0.39 is 0 Å². The van der Waals surface area contributed by atoms with E-state index in [0.717, 1.165) is 22.0 Å². The quantitative estimate of drug-likeness (QED) is 0.567. The number of nitrogens with zero attached hydrogens (tertiary/aromatic N) is 6. The Morgan fingerprint density at radius 2 is 1.36 bits per heavy atom. The molecule has 0 aliphatic heterocycles. The van der Waals surface area contributed by atoms with E-state index in [-0.39, 0.29) is 0 Å². The number of rotatable bonds is 2. The Morgan fingerprint density at radius 1 is 0.727 bits per heavy atom. The fourth-order valence-corrected chi connectivity index (χ4v) is 2.51. The SMILES string of the molecule is Cn1nnnc1-c1nnc(-c2ccccc2)c2ccccc12. The summed E-state index contributed by atoms with van der Waals surface area (Å²) in [7, 11) is 1.79. The van der Waals surface area contributed by atoms with Crippen LogP contribution in [0.25, 0.3) is 33.5 Å². The smallest absolute Gasteiger partial charge is 0.202 e. The highest BCUT2D eigenvalue weighted by atomic mass is 15.5. The van der Waals surface area contributed by atoms with E-state index in [1.165, 1.54) is 0 Å². The average Bonchev–Trinajstić information content (AvgIpc) is 3.00. The maximum atomic E-state index is 4.42. The van der Waals surface area contributed by atoms with E-state index in [1.807, 2.05) is 54.6 Å². The summed E-state index contributed by atoms with van der Waals surface area (Å²) in [5.74, 6) is 0.600. The molecule has 2 aromatic carbocycles. The van der Waals surface area contributed by atoms with Crippen LogP contribution in [0.5, 0.6) is 0 Å². The zero-order chi connectivity index (χ0) is 14.9. The van der Waals surface area contributed by atoms with Gasteiger partial charge < -0.3 is 0 Å². The first-order chi connectivity index (χ1) is 10.8. The fourth-order valence-electron chi connectivity index (χ4n) is 2.51. The van der Waals surface area contributed by atoms with Crippen LogP contribution in [0.2, 0.25) is 0 Å². The Balaban J connectivity index is 2.03. The minimum atomic E-state index is 0.600. The molecule has 4 aromatic rings. The third kappa shape index (κ3) is 1.93. The van der Waals surface area contributed by atoms with Crippen molar-refractivity contribution in [2.75, 3.05) is 0 Å². The van der Waals surface area contributed by atoms with Gasteiger partial charge in [-0.3, -0.25) is 0 Å². The molecule has 0 spiro atoms. The molecule has 0 aliphatic rings. The molecule has 0 saturated heterocycles. The predicted octanol–water partition coefficient (Wildman–Crippen LogP) is 2.49. The van der Waals surface area contributed by atoms with E-state index in [4.69, 9.17) is 0 Å². The molecule has 106 valence electrons. The molecule has 2 aromatic heterocycles. The van der Waals surface area contributed by atoms with Crippen molar-refractivity contribution in [3.63, 3.8) is 0 Å². The molecule has 4 rings (SSSR count). The standard InChI is InChI=1S/C16H12N6/c1-22-16(19-20-21-22)15-13-10-6-5-9-12(13)14(17-18-15)11-7-3-2-4-8-11/h2-10H,1H3. The van der Waals surface area contributed by atoms with Gasteiger partial charge in [0.05, 0.1) is 0 Å². The number of hydrogen-bond donors (Lipinski definition) is 0. The highest BCUT2D eigenvalue weighted by Gasteiger charge is 2.15. The Kier molecular flexibility index (Phi) is 2.86. The van der Waals surface area contributed by atoms with Gasteiger partial charge in [-0.15, -0.1) is 15.3 Å². The van der Waals surface area contributed by atoms with Gasteiger partial charge in [0.2, 0.25) is 5.82 Å². The highest BCUT2D eigenvalue weighted by molar-refractivity contribution is 6.00. The number of tetrazole rings is 1. The summed E-state index contributed by atoms with van der Waals surface area (Å²) < 4.78 is 1.60. The summed E-state index contributed by atoms with van der Waals surface area (Å²) in [5.41, 5.74) is 2.58. The number of benzene rings is 2. The van der Waals surface area contributed by atoms with Crippen LogP contribution in [-0.2, 0) is 7.05 Å². The zero-order valence-corrected chi connectivity index (χ0v) is 11.9. The lowest BCUT2D eigenvalue weighted by molar-refractivity contribution is 0.713. The monoisotopic (exact) mass is 288 g/mol. The van der Waals surface area contributed by atoms with Crippen LogP contribution in [0.15, 0.2) is 54.6 Å². The molecule has 6 nitrogen and oxygen atoms in total. The number of aryl methyl sites for hydroxylation is 1. The first-order valence-corrected chi connectivity index (χ1v) is 6.88. The van der Waals surface area contributed by atoms with Crippen LogP contribution in [0.1, 0.15) is 0 Å². The molecular weight excluding hydrogens is 276 g/mol. The lowest BCUT2D eigenvalue weighted by atomic mass is 10.0. The molecule has 0 unspecified atom stereocenters. The van der Waals surface area contributed by atoms with Crippen molar-refractivity contribution < 1.29 is 0 Å². The molecule has 0 fully saturated rings. The maximum Gasteiger partial charge on any atom is 0.202 e. The lowest BCUT2D eigenvalue weighted by Crippen LogP contribution is -2.00. The Morgan fingerprint density at radius 3 is 2.05 bits per heavy atom. The van der Waals surface area contributed by atoms with Gasteiger partial charge in [0, 0.05) is 23.4 Å². The fraction of sp³-hybridized carbons (Fsp3) is 0.0625. The normalized spacial score (nSPS) is 11.0. The maximum absolute atomic E-state index is 4.42. The second kappa shape index (κ2) is 5.00. The summed E-state index contributed by atoms with van der Waals surface area (Å²) >= 11 is 0. The molecule has 0 bridgehead atoms. The molecule has 0 amide bonds. The first kappa shape index (κ1) is 12.6. The van der Waals surface area contributed by atoms with E-state index in [2.05, 4.69) is 25.7 Å². The number of hydrogen-bond acceptors (Lipinski definition) is 5. The summed E-state index contributed by atoms with van der Waals surface area (Å²) in [5, 5.41) is 22.4. The molecule has 0 saturated carbocycles. The third-order valence-corrected chi connectivity index (χ3v) is 3.57. The van der Waals surface area contributed by atoms with Gasteiger partial charge in [-0.1, -0.05) is 54.6 Å². The van der Waals surface area contributed by atoms with Crippen molar-refractivity contribution >= 4 is 10.8 Å². The van der Waals surface area contributed by atoms with Gasteiger partial charge in [-0.2, -0.15) is 0 Å². The topological polar surface area (TPSA) is 69.4 Å². The van der Waals surface area contributed by atoms with Crippen LogP contribution < -0.4 is 0 Å². The summed E-state index contributed by atoms with van der Waals surface area (Å²) in [4.78, 5) is 0. The third-order valence-electron chi connectivity index (χ3n) is 3.57. The second-order valence-electron chi connectivity index (χ2n) is 4.93. The summed E-state index contributed by atoms with van der Waals surface area (Å²) in [6, 6.07) is 18.1. The van der Waals surface area contributed by atoms with Crippen molar-refractivity contribution in [2.45, 2.75) is 0 Å². The average molecular weight is 288 g/mol. The summed E-state index contributed by atoms with van der Waals surface area (Å²) in [6.07, 6.45) is 0. The Hall–Kier alpha value is -3.15. The molecule has 0 radical (unpaired) electrons. The van der Waals surface area contributed by atoms with Crippen LogP contribution in [0, 0.1) is 0 Å². The number of fused-ring (bicyclic) bond motifs is 1. The second-order valence-corrected chi connectivity index (χ2v) is 4.93. The minimum absolute atomic E-state index is 0.600. The van der Waals surface area contributed by atoms with E-state index in [1.54, 1.807) is 11.7 Å². The largest absolute Gasteiger partial charge is 0.227 e. The van der Waals surface area contributed by atoms with Crippen molar-refractivity contribution in [1.82, 2.24) is 30.4 Å². The molecule has 2 heterocycles. The highest BCUT2D eigenvalue weighted by Crippen LogP contribution is 2.30.